The molecule has 0 saturated heterocycles. The van der Waals surface area contributed by atoms with Crippen LogP contribution in [0.4, 0.5) is 0 Å². The van der Waals surface area contributed by atoms with E-state index in [9.17, 15) is 0 Å². The molecule has 24 heavy (non-hydrogen) atoms. The largest absolute Gasteiger partial charge is 0.297 e. The fourth-order valence-electron chi connectivity index (χ4n) is 3.57. The van der Waals surface area contributed by atoms with Gasteiger partial charge in [-0.15, -0.1) is 0 Å². The van der Waals surface area contributed by atoms with Crippen LogP contribution in [0.1, 0.15) is 17.0 Å². The Morgan fingerprint density at radius 3 is 2.54 bits per heavy atom. The van der Waals surface area contributed by atoms with E-state index in [1.807, 2.05) is 12.3 Å². The molecule has 0 amide bonds. The first-order chi connectivity index (χ1) is 11.8. The number of benzene rings is 1. The van der Waals surface area contributed by atoms with Crippen LogP contribution in [0.2, 0.25) is 0 Å². The molecule has 122 valence electrons. The van der Waals surface area contributed by atoms with E-state index in [4.69, 9.17) is 5.10 Å². The van der Waals surface area contributed by atoms with Crippen molar-refractivity contribution in [3.05, 3.63) is 71.7 Å². The molecule has 0 N–H and O–H groups in total. The fourth-order valence-corrected chi connectivity index (χ4v) is 3.57. The zero-order chi connectivity index (χ0) is 16.4. The van der Waals surface area contributed by atoms with Crippen molar-refractivity contribution < 1.29 is 0 Å². The summed E-state index contributed by atoms with van der Waals surface area (Å²) in [5.74, 6) is 0. The van der Waals surface area contributed by atoms with Crippen molar-refractivity contribution in [3.8, 4) is 11.3 Å². The van der Waals surface area contributed by atoms with Gasteiger partial charge in [0.15, 0.2) is 0 Å². The lowest BCUT2D eigenvalue weighted by atomic mass is 10.0. The molecule has 0 radical (unpaired) electrons. The predicted molar refractivity (Wildman–Crippen MR) is 95.6 cm³/mol. The van der Waals surface area contributed by atoms with E-state index in [-0.39, 0.29) is 0 Å². The maximum absolute atomic E-state index is 4.80. The number of pyridine rings is 1. The first kappa shape index (κ1) is 15.1. The fraction of sp³-hybridized carbons (Fsp3) is 0.300. The lowest BCUT2D eigenvalue weighted by Gasteiger charge is -2.19. The summed E-state index contributed by atoms with van der Waals surface area (Å²) in [4.78, 5) is 6.94. The Labute approximate surface area is 142 Å². The molecule has 3 heterocycles. The van der Waals surface area contributed by atoms with Gasteiger partial charge in [0.1, 0.15) is 0 Å². The van der Waals surface area contributed by atoms with Gasteiger partial charge in [0.25, 0.3) is 0 Å². The zero-order valence-corrected chi connectivity index (χ0v) is 14.0. The van der Waals surface area contributed by atoms with Crippen LogP contribution in [0.25, 0.3) is 11.3 Å². The first-order valence-electron chi connectivity index (χ1n) is 8.53. The van der Waals surface area contributed by atoms with Gasteiger partial charge in [0.05, 0.1) is 17.1 Å². The van der Waals surface area contributed by atoms with Crippen LogP contribution in [-0.2, 0) is 26.4 Å². The molecule has 0 atom stereocenters. The van der Waals surface area contributed by atoms with Crippen LogP contribution in [-0.4, -0.2) is 32.8 Å². The SMILES string of the molecule is Cn1nc2c(c1-c1ccccc1)CCN(Cc1ccccn1)CC2. The molecule has 1 aliphatic heterocycles. The number of aromatic nitrogens is 3. The van der Waals surface area contributed by atoms with Gasteiger partial charge in [-0.25, -0.2) is 0 Å². The maximum atomic E-state index is 4.80. The second-order valence-electron chi connectivity index (χ2n) is 6.36. The molecule has 4 rings (SSSR count). The minimum atomic E-state index is 0.915. The maximum Gasteiger partial charge on any atom is 0.0714 e. The number of hydrogen-bond acceptors (Lipinski definition) is 3. The highest BCUT2D eigenvalue weighted by atomic mass is 15.3. The normalized spacial score (nSPS) is 15.0. The predicted octanol–water partition coefficient (Wildman–Crippen LogP) is 3.08. The molecule has 0 unspecified atom stereocenters. The number of hydrogen-bond donors (Lipinski definition) is 0. The Morgan fingerprint density at radius 1 is 0.958 bits per heavy atom. The Bertz CT molecular complexity index is 808. The highest BCUT2D eigenvalue weighted by Crippen LogP contribution is 2.28. The third kappa shape index (κ3) is 2.97. The van der Waals surface area contributed by atoms with Gasteiger partial charge in [-0.1, -0.05) is 36.4 Å². The molecule has 0 bridgehead atoms. The van der Waals surface area contributed by atoms with Gasteiger partial charge >= 0.3 is 0 Å². The molecule has 1 aromatic carbocycles. The smallest absolute Gasteiger partial charge is 0.0714 e. The van der Waals surface area contributed by atoms with Crippen molar-refractivity contribution in [3.63, 3.8) is 0 Å². The lowest BCUT2D eigenvalue weighted by Crippen LogP contribution is -2.26. The lowest BCUT2D eigenvalue weighted by molar-refractivity contribution is 0.275. The molecule has 0 aliphatic carbocycles. The Kier molecular flexibility index (Phi) is 4.13. The monoisotopic (exact) mass is 318 g/mol. The number of aryl methyl sites for hydroxylation is 1. The Hall–Kier alpha value is -2.46. The van der Waals surface area contributed by atoms with E-state index < -0.39 is 0 Å². The van der Waals surface area contributed by atoms with Crippen LogP contribution in [0.3, 0.4) is 0 Å². The first-order valence-corrected chi connectivity index (χ1v) is 8.53. The van der Waals surface area contributed by atoms with Gasteiger partial charge in [0.2, 0.25) is 0 Å². The topological polar surface area (TPSA) is 34.0 Å². The van der Waals surface area contributed by atoms with Crippen molar-refractivity contribution in [2.45, 2.75) is 19.4 Å². The van der Waals surface area contributed by atoms with E-state index in [1.54, 1.807) is 0 Å². The molecule has 1 aliphatic rings. The van der Waals surface area contributed by atoms with Gasteiger partial charge in [-0.3, -0.25) is 14.6 Å². The van der Waals surface area contributed by atoms with Crippen molar-refractivity contribution >= 4 is 0 Å². The second-order valence-corrected chi connectivity index (χ2v) is 6.36. The van der Waals surface area contributed by atoms with Crippen LogP contribution in [0.15, 0.2) is 54.7 Å². The Balaban J connectivity index is 1.57. The van der Waals surface area contributed by atoms with Gasteiger partial charge in [-0.2, -0.15) is 5.10 Å². The molecule has 3 aromatic rings. The van der Waals surface area contributed by atoms with Gasteiger partial charge in [0, 0.05) is 50.4 Å². The summed E-state index contributed by atoms with van der Waals surface area (Å²) >= 11 is 0. The molecular formula is C20H22N4. The van der Waals surface area contributed by atoms with E-state index in [1.165, 1.54) is 22.5 Å². The molecule has 0 spiro atoms. The van der Waals surface area contributed by atoms with Crippen molar-refractivity contribution in [2.75, 3.05) is 13.1 Å². The minimum Gasteiger partial charge on any atom is -0.297 e. The quantitative estimate of drug-likeness (QED) is 0.744. The van der Waals surface area contributed by atoms with E-state index in [0.717, 1.165) is 38.2 Å². The van der Waals surface area contributed by atoms with E-state index in [0.29, 0.717) is 0 Å². The highest BCUT2D eigenvalue weighted by Gasteiger charge is 2.22. The molecule has 4 nitrogen and oxygen atoms in total. The average molecular weight is 318 g/mol. The van der Waals surface area contributed by atoms with Crippen LogP contribution >= 0.6 is 0 Å². The van der Waals surface area contributed by atoms with Gasteiger partial charge < -0.3 is 0 Å². The zero-order valence-electron chi connectivity index (χ0n) is 14.0. The highest BCUT2D eigenvalue weighted by molar-refractivity contribution is 5.64. The summed E-state index contributed by atoms with van der Waals surface area (Å²) in [7, 11) is 2.06. The number of nitrogens with zero attached hydrogens (tertiary/aromatic N) is 4. The van der Waals surface area contributed by atoms with E-state index in [2.05, 4.69) is 64.1 Å². The standard InChI is InChI=1S/C20H22N4/c1-23-20(16-7-3-2-4-8-16)18-10-13-24(14-11-19(18)22-23)15-17-9-5-6-12-21-17/h2-9,12H,10-11,13-15H2,1H3. The van der Waals surface area contributed by atoms with Crippen LogP contribution < -0.4 is 0 Å². The summed E-state index contributed by atoms with van der Waals surface area (Å²) in [6.45, 7) is 3.00. The third-order valence-corrected chi connectivity index (χ3v) is 4.73. The minimum absolute atomic E-state index is 0.915. The summed E-state index contributed by atoms with van der Waals surface area (Å²) in [5, 5.41) is 4.80. The summed E-state index contributed by atoms with van der Waals surface area (Å²) in [6.07, 6.45) is 3.92. The van der Waals surface area contributed by atoms with Crippen molar-refractivity contribution in [1.29, 1.82) is 0 Å². The second kappa shape index (κ2) is 6.57. The van der Waals surface area contributed by atoms with E-state index >= 15 is 0 Å². The summed E-state index contributed by atoms with van der Waals surface area (Å²) < 4.78 is 2.05. The average Bonchev–Trinajstić information content (AvgIpc) is 2.82. The van der Waals surface area contributed by atoms with Crippen LogP contribution in [0.5, 0.6) is 0 Å². The van der Waals surface area contributed by atoms with Crippen molar-refractivity contribution in [2.24, 2.45) is 7.05 Å². The van der Waals surface area contributed by atoms with Crippen LogP contribution in [0, 0.1) is 0 Å². The molecule has 2 aromatic heterocycles. The number of rotatable bonds is 3. The van der Waals surface area contributed by atoms with Crippen molar-refractivity contribution in [1.82, 2.24) is 19.7 Å². The Morgan fingerprint density at radius 2 is 1.75 bits per heavy atom. The molecule has 4 heteroatoms. The summed E-state index contributed by atoms with van der Waals surface area (Å²) in [6, 6.07) is 16.7. The molecule has 0 fully saturated rings. The summed E-state index contributed by atoms with van der Waals surface area (Å²) in [5.41, 5.74) is 6.32. The third-order valence-electron chi connectivity index (χ3n) is 4.73. The number of fused-ring (bicyclic) bond motifs is 1. The van der Waals surface area contributed by atoms with Gasteiger partial charge in [-0.05, 0) is 18.6 Å². The molecule has 0 saturated carbocycles. The molecular weight excluding hydrogens is 296 g/mol.